The molecule has 3 aromatic rings. The van der Waals surface area contributed by atoms with Crippen LogP contribution in [0.15, 0.2) is 66.7 Å². The highest BCUT2D eigenvalue weighted by atomic mass is 35.5. The van der Waals surface area contributed by atoms with E-state index in [1.807, 2.05) is 36.4 Å². The Kier molecular flexibility index (Phi) is 8.44. The van der Waals surface area contributed by atoms with E-state index in [2.05, 4.69) is 17.4 Å². The van der Waals surface area contributed by atoms with E-state index in [1.54, 1.807) is 18.2 Å². The molecular formula is C26H23Cl2NO5S. The topological polar surface area (TPSA) is 84.9 Å². The molecule has 0 saturated carbocycles. The van der Waals surface area contributed by atoms with Gasteiger partial charge in [0.05, 0.1) is 16.7 Å². The van der Waals surface area contributed by atoms with E-state index in [0.29, 0.717) is 21.5 Å². The van der Waals surface area contributed by atoms with Crippen molar-refractivity contribution in [1.82, 2.24) is 5.32 Å². The van der Waals surface area contributed by atoms with E-state index in [0.717, 1.165) is 22.3 Å². The summed E-state index contributed by atoms with van der Waals surface area (Å²) in [4.78, 5) is 24.1. The van der Waals surface area contributed by atoms with Gasteiger partial charge in [-0.1, -0.05) is 77.8 Å². The van der Waals surface area contributed by atoms with Crippen molar-refractivity contribution in [2.24, 2.45) is 0 Å². The van der Waals surface area contributed by atoms with Crippen LogP contribution in [0.3, 0.4) is 0 Å². The first kappa shape index (κ1) is 25.2. The van der Waals surface area contributed by atoms with Crippen LogP contribution in [0.2, 0.25) is 10.0 Å². The number of nitrogens with one attached hydrogen (secondary N) is 1. The summed E-state index contributed by atoms with van der Waals surface area (Å²) in [6, 6.07) is 20.0. The molecule has 0 aromatic heterocycles. The first-order valence-electron chi connectivity index (χ1n) is 10.9. The van der Waals surface area contributed by atoms with Crippen molar-refractivity contribution >= 4 is 47.0 Å². The number of carboxylic acids is 1. The van der Waals surface area contributed by atoms with Crippen LogP contribution in [0.5, 0.6) is 5.75 Å². The third kappa shape index (κ3) is 6.04. The van der Waals surface area contributed by atoms with Gasteiger partial charge in [0.2, 0.25) is 0 Å². The Balaban J connectivity index is 1.26. The van der Waals surface area contributed by atoms with Crippen molar-refractivity contribution < 1.29 is 24.2 Å². The van der Waals surface area contributed by atoms with Gasteiger partial charge in [-0.25, -0.2) is 9.59 Å². The fourth-order valence-electron chi connectivity index (χ4n) is 3.98. The molecule has 0 spiro atoms. The number of ether oxygens (including phenoxy) is 2. The summed E-state index contributed by atoms with van der Waals surface area (Å²) in [5, 5.41) is 12.8. The van der Waals surface area contributed by atoms with E-state index in [1.165, 1.54) is 11.8 Å². The lowest BCUT2D eigenvalue weighted by molar-refractivity contribution is -0.138. The Morgan fingerprint density at radius 1 is 0.943 bits per heavy atom. The minimum Gasteiger partial charge on any atom is -0.490 e. The monoisotopic (exact) mass is 531 g/mol. The molecule has 4 rings (SSSR count). The van der Waals surface area contributed by atoms with E-state index in [4.69, 9.17) is 32.7 Å². The number of para-hydroxylation sites is 1. The molecule has 6 nitrogen and oxygen atoms in total. The lowest BCUT2D eigenvalue weighted by Gasteiger charge is -2.17. The van der Waals surface area contributed by atoms with Crippen LogP contribution in [0, 0.1) is 0 Å². The van der Waals surface area contributed by atoms with Gasteiger partial charge < -0.3 is 19.9 Å². The quantitative estimate of drug-likeness (QED) is 0.307. The van der Waals surface area contributed by atoms with Crippen molar-refractivity contribution in [2.45, 2.75) is 12.0 Å². The van der Waals surface area contributed by atoms with Crippen molar-refractivity contribution in [3.63, 3.8) is 0 Å². The number of alkyl carbamates (subject to hydrolysis) is 1. The zero-order valence-corrected chi connectivity index (χ0v) is 20.9. The minimum absolute atomic E-state index is 0.0976. The molecule has 2 N–H and O–H groups in total. The molecule has 0 aliphatic heterocycles. The summed E-state index contributed by atoms with van der Waals surface area (Å²) < 4.78 is 11.1. The van der Waals surface area contributed by atoms with Gasteiger partial charge in [0.1, 0.15) is 12.6 Å². The van der Waals surface area contributed by atoms with E-state index in [-0.39, 0.29) is 24.9 Å². The number of carbonyl (C=O) groups is 2. The molecule has 1 aliphatic rings. The molecule has 0 fully saturated rings. The molecule has 9 heteroatoms. The lowest BCUT2D eigenvalue weighted by atomic mass is 9.98. The zero-order chi connectivity index (χ0) is 24.8. The van der Waals surface area contributed by atoms with Crippen LogP contribution in [-0.4, -0.2) is 47.9 Å². The van der Waals surface area contributed by atoms with Crippen molar-refractivity contribution in [2.75, 3.05) is 24.7 Å². The van der Waals surface area contributed by atoms with Gasteiger partial charge in [0.15, 0.2) is 5.75 Å². The normalized spacial score (nSPS) is 13.0. The number of fused-ring (bicyclic) bond motifs is 3. The lowest BCUT2D eigenvalue weighted by Crippen LogP contribution is -2.43. The third-order valence-corrected chi connectivity index (χ3v) is 7.23. The number of aliphatic carboxylic acids is 1. The molecule has 1 atom stereocenters. The average Bonchev–Trinajstić information content (AvgIpc) is 3.17. The molecule has 3 aromatic carbocycles. The third-order valence-electron chi connectivity index (χ3n) is 5.61. The smallest absolute Gasteiger partial charge is 0.407 e. The van der Waals surface area contributed by atoms with Crippen molar-refractivity contribution in [3.05, 3.63) is 87.9 Å². The highest BCUT2D eigenvalue weighted by Crippen LogP contribution is 2.44. The van der Waals surface area contributed by atoms with Crippen molar-refractivity contribution in [3.8, 4) is 16.9 Å². The summed E-state index contributed by atoms with van der Waals surface area (Å²) in [6.45, 7) is 0.400. The summed E-state index contributed by atoms with van der Waals surface area (Å²) >= 11 is 13.5. The number of hydrogen-bond donors (Lipinski definition) is 2. The molecule has 1 aliphatic carbocycles. The summed E-state index contributed by atoms with van der Waals surface area (Å²) in [7, 11) is 0. The zero-order valence-electron chi connectivity index (χ0n) is 18.6. The maximum absolute atomic E-state index is 12.4. The van der Waals surface area contributed by atoms with Crippen LogP contribution in [0.4, 0.5) is 4.79 Å². The van der Waals surface area contributed by atoms with Gasteiger partial charge in [-0.05, 0) is 34.4 Å². The number of carboxylic acid groups (broad SMARTS) is 1. The maximum Gasteiger partial charge on any atom is 0.407 e. The fourth-order valence-corrected chi connectivity index (χ4v) is 5.32. The first-order valence-corrected chi connectivity index (χ1v) is 12.9. The Morgan fingerprint density at radius 3 is 2.14 bits per heavy atom. The van der Waals surface area contributed by atoms with Crippen LogP contribution in [0.25, 0.3) is 11.1 Å². The number of benzene rings is 3. The van der Waals surface area contributed by atoms with Crippen LogP contribution in [-0.2, 0) is 9.53 Å². The van der Waals surface area contributed by atoms with Gasteiger partial charge in [-0.2, -0.15) is 11.8 Å². The molecule has 182 valence electrons. The Hall–Kier alpha value is -2.87. The predicted molar refractivity (Wildman–Crippen MR) is 139 cm³/mol. The number of rotatable bonds is 10. The average molecular weight is 532 g/mol. The maximum atomic E-state index is 12.4. The molecule has 0 saturated heterocycles. The van der Waals surface area contributed by atoms with E-state index < -0.39 is 18.1 Å². The number of thioether (sulfide) groups is 1. The minimum atomic E-state index is -1.14. The van der Waals surface area contributed by atoms with Crippen molar-refractivity contribution in [1.29, 1.82) is 0 Å². The Labute approximate surface area is 217 Å². The van der Waals surface area contributed by atoms with Crippen LogP contribution < -0.4 is 10.1 Å². The number of carbonyl (C=O) groups excluding carboxylic acids is 1. The van der Waals surface area contributed by atoms with Crippen LogP contribution >= 0.6 is 35.0 Å². The Morgan fingerprint density at radius 2 is 1.54 bits per heavy atom. The second-order valence-electron chi connectivity index (χ2n) is 7.83. The molecule has 0 bridgehead atoms. The van der Waals surface area contributed by atoms with Crippen LogP contribution in [0.1, 0.15) is 17.0 Å². The number of hydrogen-bond acceptors (Lipinski definition) is 5. The standard InChI is InChI=1S/C26H23Cl2NO5S/c27-21-10-5-11-22(28)24(21)33-12-13-35-15-23(25(30)31)29-26(32)34-14-20-18-8-3-1-6-16(18)17-7-2-4-9-19(17)20/h1-11,20,23H,12-15H2,(H,29,32)(H,30,31). The van der Waals surface area contributed by atoms with Gasteiger partial charge in [-0.3, -0.25) is 0 Å². The highest BCUT2D eigenvalue weighted by Gasteiger charge is 2.29. The Bertz CT molecular complexity index is 1160. The second-order valence-corrected chi connectivity index (χ2v) is 9.80. The highest BCUT2D eigenvalue weighted by molar-refractivity contribution is 7.99. The van der Waals surface area contributed by atoms with E-state index in [9.17, 15) is 14.7 Å². The predicted octanol–water partition coefficient (Wildman–Crippen LogP) is 6.10. The van der Waals surface area contributed by atoms with Gasteiger partial charge in [-0.15, -0.1) is 0 Å². The molecule has 35 heavy (non-hydrogen) atoms. The second kappa shape index (κ2) is 11.7. The first-order chi connectivity index (χ1) is 17.0. The van der Waals surface area contributed by atoms with E-state index >= 15 is 0 Å². The molecule has 1 unspecified atom stereocenters. The van der Waals surface area contributed by atoms with Gasteiger partial charge >= 0.3 is 12.1 Å². The molecular weight excluding hydrogens is 509 g/mol. The molecule has 0 radical (unpaired) electrons. The summed E-state index contributed by atoms with van der Waals surface area (Å²) in [5.74, 6) is -0.208. The summed E-state index contributed by atoms with van der Waals surface area (Å²) in [5.41, 5.74) is 4.42. The number of halogens is 2. The van der Waals surface area contributed by atoms with Gasteiger partial charge in [0.25, 0.3) is 0 Å². The number of amides is 1. The van der Waals surface area contributed by atoms with Gasteiger partial charge in [0, 0.05) is 17.4 Å². The molecule has 1 amide bonds. The summed E-state index contributed by atoms with van der Waals surface area (Å²) in [6.07, 6.45) is -0.765. The molecule has 0 heterocycles. The SMILES string of the molecule is O=C(NC(CSCCOc1c(Cl)cccc1Cl)C(=O)O)OCC1c2ccccc2-c2ccccc21. The largest absolute Gasteiger partial charge is 0.490 e. The fraction of sp³-hybridized carbons (Fsp3) is 0.231.